The Morgan fingerprint density at radius 2 is 1.62 bits per heavy atom. The summed E-state index contributed by atoms with van der Waals surface area (Å²) in [4.78, 5) is 64.7. The van der Waals surface area contributed by atoms with E-state index in [0.29, 0.717) is 32.2 Å². The van der Waals surface area contributed by atoms with Crippen LogP contribution in [0, 0.1) is 11.8 Å². The van der Waals surface area contributed by atoms with E-state index in [2.05, 4.69) is 28.6 Å². The first-order valence-electron chi connectivity index (χ1n) is 12.9. The number of hydrogen-bond donors (Lipinski definition) is 7. The standard InChI is InChI=1S/C24H44N6O6S/c1-13(2)18(26)21(32)29-19(14(3)4)22(33)28-16(12-37)23(34)30-11-7-9-17(30)20(31)27-15(24(35)36)8-5-6-10-25/h13-19,37H,5-12,25-26H2,1-4H3,(H,27,31)(H,28,33)(H,29,32)(H,35,36)/t15-,16-,17-,18-,19-/m0/s1. The van der Waals surface area contributed by atoms with Gasteiger partial charge in [0.25, 0.3) is 0 Å². The lowest BCUT2D eigenvalue weighted by Gasteiger charge is -2.30. The van der Waals surface area contributed by atoms with Crippen molar-refractivity contribution in [3.63, 3.8) is 0 Å². The topological polar surface area (TPSA) is 197 Å². The Hall–Kier alpha value is -2.38. The number of carbonyl (C=O) groups excluding carboxylic acids is 4. The maximum atomic E-state index is 13.3. The van der Waals surface area contributed by atoms with Crippen LogP contribution in [0.25, 0.3) is 0 Å². The van der Waals surface area contributed by atoms with Crippen LogP contribution in [-0.2, 0) is 24.0 Å². The van der Waals surface area contributed by atoms with Crippen molar-refractivity contribution >= 4 is 42.2 Å². The van der Waals surface area contributed by atoms with Crippen LogP contribution in [0.4, 0.5) is 0 Å². The predicted molar refractivity (Wildman–Crippen MR) is 143 cm³/mol. The van der Waals surface area contributed by atoms with E-state index < -0.39 is 59.8 Å². The number of rotatable bonds is 15. The minimum atomic E-state index is -1.15. The highest BCUT2D eigenvalue weighted by Gasteiger charge is 2.39. The Balaban J connectivity index is 2.91. The first kappa shape index (κ1) is 32.6. The van der Waals surface area contributed by atoms with Crippen LogP contribution in [0.5, 0.6) is 0 Å². The summed E-state index contributed by atoms with van der Waals surface area (Å²) in [6.45, 7) is 7.83. The average Bonchev–Trinajstić information content (AvgIpc) is 3.33. The molecule has 1 saturated heterocycles. The molecule has 0 bridgehead atoms. The molecule has 0 unspecified atom stereocenters. The number of nitrogens with two attached hydrogens (primary N) is 2. The second-order valence-electron chi connectivity index (χ2n) is 10.1. The first-order chi connectivity index (χ1) is 17.3. The SMILES string of the molecule is CC(C)[C@H](N)C(=O)N[C@H](C(=O)N[C@@H](CS)C(=O)N1CCC[C@H]1C(=O)N[C@@H](CCCCN)C(=O)O)C(C)C. The van der Waals surface area contributed by atoms with Crippen molar-refractivity contribution in [3.8, 4) is 0 Å². The first-order valence-corrected chi connectivity index (χ1v) is 13.5. The lowest BCUT2D eigenvalue weighted by atomic mass is 10.00. The quantitative estimate of drug-likeness (QED) is 0.103. The van der Waals surface area contributed by atoms with Crippen LogP contribution in [0.3, 0.4) is 0 Å². The van der Waals surface area contributed by atoms with E-state index in [0.717, 1.165) is 0 Å². The predicted octanol–water partition coefficient (Wildman–Crippen LogP) is -0.785. The summed E-state index contributed by atoms with van der Waals surface area (Å²) in [6.07, 6.45) is 2.34. The normalized spacial score (nSPS) is 18.7. The molecule has 0 aromatic heterocycles. The Kier molecular flexibility index (Phi) is 13.9. The van der Waals surface area contributed by atoms with Gasteiger partial charge in [0.2, 0.25) is 23.6 Å². The van der Waals surface area contributed by atoms with Crippen LogP contribution in [0.1, 0.15) is 59.8 Å². The summed E-state index contributed by atoms with van der Waals surface area (Å²) in [6, 6.07) is -4.68. The maximum absolute atomic E-state index is 13.3. The largest absolute Gasteiger partial charge is 0.480 e. The van der Waals surface area contributed by atoms with Crippen LogP contribution >= 0.6 is 12.6 Å². The van der Waals surface area contributed by atoms with Crippen LogP contribution in [-0.4, -0.2) is 88.7 Å². The van der Waals surface area contributed by atoms with Crippen LogP contribution in [0.2, 0.25) is 0 Å². The number of carboxylic acids is 1. The van der Waals surface area contributed by atoms with Crippen molar-refractivity contribution in [1.82, 2.24) is 20.9 Å². The third-order valence-electron chi connectivity index (χ3n) is 6.47. The summed E-state index contributed by atoms with van der Waals surface area (Å²) in [5.74, 6) is -3.66. The van der Waals surface area contributed by atoms with Gasteiger partial charge in [-0.05, 0) is 50.5 Å². The number of amides is 4. The van der Waals surface area contributed by atoms with E-state index in [1.54, 1.807) is 27.7 Å². The number of thiol groups is 1. The lowest BCUT2D eigenvalue weighted by molar-refractivity contribution is -0.145. The third kappa shape index (κ3) is 9.78. The molecule has 0 aliphatic carbocycles. The van der Waals surface area contributed by atoms with E-state index >= 15 is 0 Å². The maximum Gasteiger partial charge on any atom is 0.326 e. The molecule has 1 aliphatic heterocycles. The minimum Gasteiger partial charge on any atom is -0.480 e. The molecule has 0 saturated carbocycles. The van der Waals surface area contributed by atoms with Gasteiger partial charge in [-0.2, -0.15) is 12.6 Å². The highest BCUT2D eigenvalue weighted by Crippen LogP contribution is 2.20. The molecule has 0 aromatic rings. The molecule has 37 heavy (non-hydrogen) atoms. The van der Waals surface area contributed by atoms with Crippen LogP contribution in [0.15, 0.2) is 0 Å². The Morgan fingerprint density at radius 1 is 0.973 bits per heavy atom. The molecule has 0 aromatic carbocycles. The summed E-state index contributed by atoms with van der Waals surface area (Å²) in [7, 11) is 0. The number of likely N-dealkylation sites (tertiary alicyclic amines) is 1. The van der Waals surface area contributed by atoms with Gasteiger partial charge in [0, 0.05) is 12.3 Å². The minimum absolute atomic E-state index is 0.0312. The van der Waals surface area contributed by atoms with Crippen molar-refractivity contribution in [1.29, 1.82) is 0 Å². The van der Waals surface area contributed by atoms with Gasteiger partial charge < -0.3 is 37.4 Å². The molecular weight excluding hydrogens is 500 g/mol. The number of unbranched alkanes of at least 4 members (excludes halogenated alkanes) is 1. The zero-order chi connectivity index (χ0) is 28.3. The number of nitrogens with one attached hydrogen (secondary N) is 3. The molecular formula is C24H44N6O6S. The van der Waals surface area contributed by atoms with Gasteiger partial charge in [0.05, 0.1) is 6.04 Å². The zero-order valence-electron chi connectivity index (χ0n) is 22.2. The number of nitrogens with zero attached hydrogens (tertiary/aromatic N) is 1. The van der Waals surface area contributed by atoms with Gasteiger partial charge >= 0.3 is 5.97 Å². The highest BCUT2D eigenvalue weighted by molar-refractivity contribution is 7.80. The molecule has 1 aliphatic rings. The Morgan fingerprint density at radius 3 is 2.14 bits per heavy atom. The lowest BCUT2D eigenvalue weighted by Crippen LogP contribution is -2.60. The van der Waals surface area contributed by atoms with Crippen molar-refractivity contribution in [2.75, 3.05) is 18.8 Å². The van der Waals surface area contributed by atoms with E-state index in [1.807, 2.05) is 0 Å². The Bertz CT molecular complexity index is 811. The molecule has 12 nitrogen and oxygen atoms in total. The van der Waals surface area contributed by atoms with Crippen LogP contribution < -0.4 is 27.4 Å². The van der Waals surface area contributed by atoms with Gasteiger partial charge in [-0.15, -0.1) is 0 Å². The van der Waals surface area contributed by atoms with Gasteiger partial charge in [0.1, 0.15) is 24.2 Å². The second-order valence-corrected chi connectivity index (χ2v) is 10.5. The second kappa shape index (κ2) is 15.8. The van der Waals surface area contributed by atoms with Crippen molar-refractivity contribution in [3.05, 3.63) is 0 Å². The molecule has 1 rings (SSSR count). The Labute approximate surface area is 224 Å². The zero-order valence-corrected chi connectivity index (χ0v) is 23.1. The number of hydrogen-bond acceptors (Lipinski definition) is 8. The van der Waals surface area contributed by atoms with Gasteiger partial charge in [-0.25, -0.2) is 4.79 Å². The number of carboxylic acid groups (broad SMARTS) is 1. The fourth-order valence-corrected chi connectivity index (χ4v) is 4.30. The van der Waals surface area contributed by atoms with Gasteiger partial charge in [-0.1, -0.05) is 27.7 Å². The summed E-state index contributed by atoms with van der Waals surface area (Å²) in [5, 5.41) is 17.3. The highest BCUT2D eigenvalue weighted by atomic mass is 32.1. The molecule has 8 N–H and O–H groups in total. The molecule has 0 radical (unpaired) electrons. The average molecular weight is 545 g/mol. The molecule has 0 spiro atoms. The fraction of sp³-hybridized carbons (Fsp3) is 0.792. The molecule has 4 amide bonds. The monoisotopic (exact) mass is 544 g/mol. The molecule has 212 valence electrons. The van der Waals surface area contributed by atoms with Crippen molar-refractivity contribution < 1.29 is 29.1 Å². The van der Waals surface area contributed by atoms with E-state index in [9.17, 15) is 29.1 Å². The number of carbonyl (C=O) groups is 5. The van der Waals surface area contributed by atoms with E-state index in [1.165, 1.54) is 4.90 Å². The van der Waals surface area contributed by atoms with Crippen molar-refractivity contribution in [2.24, 2.45) is 23.3 Å². The van der Waals surface area contributed by atoms with Crippen molar-refractivity contribution in [2.45, 2.75) is 90.0 Å². The molecule has 13 heteroatoms. The smallest absolute Gasteiger partial charge is 0.326 e. The van der Waals surface area contributed by atoms with Gasteiger partial charge in [-0.3, -0.25) is 19.2 Å². The third-order valence-corrected chi connectivity index (χ3v) is 6.83. The molecule has 1 fully saturated rings. The molecule has 5 atom stereocenters. The number of aliphatic carboxylic acids is 1. The van der Waals surface area contributed by atoms with E-state index in [4.69, 9.17) is 11.5 Å². The van der Waals surface area contributed by atoms with E-state index in [-0.39, 0.29) is 30.6 Å². The summed E-state index contributed by atoms with van der Waals surface area (Å²) in [5.41, 5.74) is 11.4. The van der Waals surface area contributed by atoms with Gasteiger partial charge in [0.15, 0.2) is 0 Å². The summed E-state index contributed by atoms with van der Waals surface area (Å²) >= 11 is 4.23. The molecule has 1 heterocycles. The fourth-order valence-electron chi connectivity index (χ4n) is 4.06. The summed E-state index contributed by atoms with van der Waals surface area (Å²) < 4.78 is 0.